The number of rotatable bonds is 2. The predicted octanol–water partition coefficient (Wildman–Crippen LogP) is 0.496. The molecule has 2 fully saturated rings. The molecule has 2 aliphatic heterocycles. The Morgan fingerprint density at radius 1 is 1.22 bits per heavy atom. The van der Waals surface area contributed by atoms with Crippen LogP contribution in [0.5, 0.6) is 0 Å². The fourth-order valence-electron chi connectivity index (χ4n) is 3.14. The maximum absolute atomic E-state index is 12.6. The minimum Gasteiger partial charge on any atom is -0.378 e. The molecule has 3 rings (SSSR count). The summed E-state index contributed by atoms with van der Waals surface area (Å²) < 4.78 is 5.29. The summed E-state index contributed by atoms with van der Waals surface area (Å²) in [4.78, 5) is 37.0. The van der Waals surface area contributed by atoms with Gasteiger partial charge >= 0.3 is 0 Å². The normalized spacial score (nSPS) is 22.0. The molecule has 7 heteroatoms. The van der Waals surface area contributed by atoms with Gasteiger partial charge in [0.1, 0.15) is 11.5 Å². The third-order valence-electron chi connectivity index (χ3n) is 4.38. The Morgan fingerprint density at radius 2 is 2.00 bits per heavy atom. The number of aryl methyl sites for hydroxylation is 1. The van der Waals surface area contributed by atoms with Crippen molar-refractivity contribution in [2.45, 2.75) is 19.8 Å². The lowest BCUT2D eigenvalue weighted by Crippen LogP contribution is -2.49. The summed E-state index contributed by atoms with van der Waals surface area (Å²) >= 11 is 0. The summed E-state index contributed by atoms with van der Waals surface area (Å²) in [5.41, 5.74) is 0.400. The van der Waals surface area contributed by atoms with Crippen molar-refractivity contribution in [3.05, 3.63) is 23.8 Å². The second-order valence-corrected chi connectivity index (χ2v) is 6.02. The largest absolute Gasteiger partial charge is 0.378 e. The molecule has 1 aromatic heterocycles. The van der Waals surface area contributed by atoms with Gasteiger partial charge in [0, 0.05) is 32.4 Å². The van der Waals surface area contributed by atoms with E-state index in [-0.39, 0.29) is 17.7 Å². The molecule has 0 aromatic carbocycles. The van der Waals surface area contributed by atoms with Crippen LogP contribution < -0.4 is 0 Å². The van der Waals surface area contributed by atoms with Crippen LogP contribution in [0.15, 0.2) is 12.3 Å². The van der Waals surface area contributed by atoms with Crippen molar-refractivity contribution in [2.75, 3.05) is 39.4 Å². The number of nitrogens with zero attached hydrogens (tertiary/aromatic N) is 4. The van der Waals surface area contributed by atoms with Crippen LogP contribution in [0.4, 0.5) is 0 Å². The van der Waals surface area contributed by atoms with Gasteiger partial charge in [0.2, 0.25) is 5.91 Å². The number of carbonyl (C=O) groups is 2. The molecular weight excluding hydrogens is 296 g/mol. The van der Waals surface area contributed by atoms with Crippen molar-refractivity contribution in [3.63, 3.8) is 0 Å². The topological polar surface area (TPSA) is 75.6 Å². The first-order valence-electron chi connectivity index (χ1n) is 8.10. The zero-order chi connectivity index (χ0) is 16.2. The van der Waals surface area contributed by atoms with Crippen LogP contribution in [0.1, 0.15) is 29.2 Å². The van der Waals surface area contributed by atoms with Gasteiger partial charge in [-0.2, -0.15) is 0 Å². The number of carbonyl (C=O) groups excluding carboxylic acids is 2. The summed E-state index contributed by atoms with van der Waals surface area (Å²) in [6.07, 6.45) is 3.27. The van der Waals surface area contributed by atoms with Crippen LogP contribution in [0.2, 0.25) is 0 Å². The molecule has 0 unspecified atom stereocenters. The smallest absolute Gasteiger partial charge is 0.272 e. The minimum atomic E-state index is -0.117. The van der Waals surface area contributed by atoms with Crippen LogP contribution in [-0.4, -0.2) is 71.0 Å². The van der Waals surface area contributed by atoms with E-state index in [1.165, 1.54) is 0 Å². The van der Waals surface area contributed by atoms with Crippen LogP contribution in [0.25, 0.3) is 0 Å². The predicted molar refractivity (Wildman–Crippen MR) is 82.8 cm³/mol. The summed E-state index contributed by atoms with van der Waals surface area (Å²) in [7, 11) is 0. The average Bonchev–Trinajstić information content (AvgIpc) is 2.61. The fraction of sp³-hybridized carbons (Fsp3) is 0.625. The summed E-state index contributed by atoms with van der Waals surface area (Å²) in [5.74, 6) is 0.488. The highest BCUT2D eigenvalue weighted by Gasteiger charge is 2.32. The molecule has 3 heterocycles. The number of likely N-dealkylation sites (tertiary alicyclic amines) is 1. The monoisotopic (exact) mass is 318 g/mol. The number of piperidine rings is 1. The number of hydrogen-bond donors (Lipinski definition) is 0. The van der Waals surface area contributed by atoms with E-state index in [1.54, 1.807) is 24.1 Å². The zero-order valence-electron chi connectivity index (χ0n) is 13.4. The van der Waals surface area contributed by atoms with Crippen molar-refractivity contribution < 1.29 is 14.3 Å². The quantitative estimate of drug-likeness (QED) is 0.793. The van der Waals surface area contributed by atoms with E-state index >= 15 is 0 Å². The van der Waals surface area contributed by atoms with Gasteiger partial charge < -0.3 is 14.5 Å². The number of aromatic nitrogens is 2. The number of hydrogen-bond acceptors (Lipinski definition) is 5. The van der Waals surface area contributed by atoms with E-state index in [4.69, 9.17) is 4.74 Å². The van der Waals surface area contributed by atoms with Gasteiger partial charge in [0.05, 0.1) is 19.1 Å². The molecule has 0 bridgehead atoms. The molecule has 0 aliphatic carbocycles. The van der Waals surface area contributed by atoms with E-state index in [1.807, 2.05) is 4.90 Å². The molecule has 7 nitrogen and oxygen atoms in total. The first-order chi connectivity index (χ1) is 11.1. The Labute approximate surface area is 135 Å². The zero-order valence-corrected chi connectivity index (χ0v) is 13.4. The van der Waals surface area contributed by atoms with Gasteiger partial charge in [-0.1, -0.05) is 0 Å². The van der Waals surface area contributed by atoms with Gasteiger partial charge in [0.25, 0.3) is 5.91 Å². The molecule has 0 N–H and O–H groups in total. The van der Waals surface area contributed by atoms with E-state index in [9.17, 15) is 9.59 Å². The Kier molecular flexibility index (Phi) is 4.85. The summed E-state index contributed by atoms with van der Waals surface area (Å²) in [6, 6.07) is 1.63. The molecule has 1 aromatic rings. The lowest BCUT2D eigenvalue weighted by atomic mass is 9.96. The van der Waals surface area contributed by atoms with Gasteiger partial charge in [-0.3, -0.25) is 9.59 Å². The second kappa shape index (κ2) is 7.04. The Hall–Kier alpha value is -2.02. The van der Waals surface area contributed by atoms with Crippen molar-refractivity contribution in [3.8, 4) is 0 Å². The molecule has 2 amide bonds. The SMILES string of the molecule is Cc1nccc(C(=O)N2CCC[C@H](C(=O)N3CCOCC3)C2)n1. The molecule has 0 saturated carbocycles. The van der Waals surface area contributed by atoms with Gasteiger partial charge in [-0.05, 0) is 25.8 Å². The Morgan fingerprint density at radius 3 is 2.74 bits per heavy atom. The molecule has 124 valence electrons. The van der Waals surface area contributed by atoms with Gasteiger partial charge in [-0.15, -0.1) is 0 Å². The first kappa shape index (κ1) is 15.9. The Balaban J connectivity index is 1.65. The van der Waals surface area contributed by atoms with Crippen LogP contribution in [0, 0.1) is 12.8 Å². The molecule has 0 spiro atoms. The van der Waals surface area contributed by atoms with Crippen LogP contribution in [0.3, 0.4) is 0 Å². The van der Waals surface area contributed by atoms with Crippen molar-refractivity contribution >= 4 is 11.8 Å². The Bertz CT molecular complexity index is 586. The highest BCUT2D eigenvalue weighted by Crippen LogP contribution is 2.21. The first-order valence-corrected chi connectivity index (χ1v) is 8.10. The van der Waals surface area contributed by atoms with Crippen LogP contribution >= 0.6 is 0 Å². The molecule has 2 aliphatic rings. The highest BCUT2D eigenvalue weighted by atomic mass is 16.5. The van der Waals surface area contributed by atoms with Gasteiger partial charge in [0.15, 0.2) is 0 Å². The standard InChI is InChI=1S/C16H22N4O3/c1-12-17-5-4-14(18-12)16(22)20-6-2-3-13(11-20)15(21)19-7-9-23-10-8-19/h4-5,13H,2-3,6-11H2,1H3/t13-/m0/s1. The second-order valence-electron chi connectivity index (χ2n) is 6.02. The number of morpholine rings is 1. The van der Waals surface area contributed by atoms with Crippen LogP contribution in [-0.2, 0) is 9.53 Å². The fourth-order valence-corrected chi connectivity index (χ4v) is 3.14. The van der Waals surface area contributed by atoms with Crippen molar-refractivity contribution in [1.29, 1.82) is 0 Å². The van der Waals surface area contributed by atoms with E-state index in [0.29, 0.717) is 50.9 Å². The van der Waals surface area contributed by atoms with Gasteiger partial charge in [-0.25, -0.2) is 9.97 Å². The molecule has 2 saturated heterocycles. The third-order valence-corrected chi connectivity index (χ3v) is 4.38. The lowest BCUT2D eigenvalue weighted by molar-refractivity contribution is -0.141. The molecule has 23 heavy (non-hydrogen) atoms. The van der Waals surface area contributed by atoms with E-state index < -0.39 is 0 Å². The van der Waals surface area contributed by atoms with E-state index in [0.717, 1.165) is 12.8 Å². The summed E-state index contributed by atoms with van der Waals surface area (Å²) in [5, 5.41) is 0. The summed E-state index contributed by atoms with van der Waals surface area (Å²) in [6.45, 7) is 5.40. The van der Waals surface area contributed by atoms with E-state index in [2.05, 4.69) is 9.97 Å². The number of ether oxygens (including phenoxy) is 1. The highest BCUT2D eigenvalue weighted by molar-refractivity contribution is 5.92. The lowest BCUT2D eigenvalue weighted by Gasteiger charge is -2.36. The van der Waals surface area contributed by atoms with Crippen molar-refractivity contribution in [1.82, 2.24) is 19.8 Å². The van der Waals surface area contributed by atoms with Crippen molar-refractivity contribution in [2.24, 2.45) is 5.92 Å². The molecule has 1 atom stereocenters. The molecule has 0 radical (unpaired) electrons. The maximum atomic E-state index is 12.6. The third kappa shape index (κ3) is 3.67. The molecular formula is C16H22N4O3. The maximum Gasteiger partial charge on any atom is 0.272 e. The number of amides is 2. The average molecular weight is 318 g/mol. The minimum absolute atomic E-state index is 0.116.